The fourth-order valence-electron chi connectivity index (χ4n) is 4.75. The Kier molecular flexibility index (Phi) is 5.72. The molecule has 9 heteroatoms. The number of nitrogens with zero attached hydrogens (tertiary/aromatic N) is 2. The van der Waals surface area contributed by atoms with Gasteiger partial charge in [-0.3, -0.25) is 0 Å². The Morgan fingerprint density at radius 1 is 1.18 bits per heavy atom. The Morgan fingerprint density at radius 3 is 2.48 bits per heavy atom. The molecular weight excluding hydrogens is 571 g/mol. The van der Waals surface area contributed by atoms with Crippen LogP contribution in [-0.4, -0.2) is 55.7 Å². The number of fused-ring (bicyclic) bond motifs is 3. The SMILES string of the molecule is CN(C)C(=O)C1C(c2ccccc2)C2Oc3cc(Cl)c(-c4ccc(Br)cc4)nc3C2(O)[AsH]1=O. The molecule has 6 nitrogen and oxygen atoms in total. The van der Waals surface area contributed by atoms with Crippen LogP contribution in [0.2, 0.25) is 9.73 Å². The molecule has 1 N–H and O–H groups in total. The topological polar surface area (TPSA) is 79.7 Å². The average molecular weight is 592 g/mol. The molecule has 5 atom stereocenters. The summed E-state index contributed by atoms with van der Waals surface area (Å²) in [6, 6.07) is 18.4. The Hall–Kier alpha value is -2.05. The van der Waals surface area contributed by atoms with Crippen LogP contribution in [0.1, 0.15) is 17.2 Å². The molecule has 3 heterocycles. The van der Waals surface area contributed by atoms with Crippen LogP contribution >= 0.6 is 27.5 Å². The molecule has 1 fully saturated rings. The molecule has 33 heavy (non-hydrogen) atoms. The second kappa shape index (κ2) is 8.31. The summed E-state index contributed by atoms with van der Waals surface area (Å²) in [4.78, 5) is 19.3. The number of carbonyl (C=O) groups is 1. The van der Waals surface area contributed by atoms with E-state index >= 15 is 0 Å². The molecule has 2 aromatic carbocycles. The van der Waals surface area contributed by atoms with Gasteiger partial charge in [0.1, 0.15) is 0 Å². The van der Waals surface area contributed by atoms with Gasteiger partial charge in [0.25, 0.3) is 0 Å². The van der Waals surface area contributed by atoms with Crippen LogP contribution in [-0.2, 0) is 12.9 Å². The van der Waals surface area contributed by atoms with Crippen molar-refractivity contribution in [3.63, 3.8) is 0 Å². The molecular formula is C24H21AsBrClN2O4. The maximum absolute atomic E-state index is 14.0. The summed E-state index contributed by atoms with van der Waals surface area (Å²) in [7, 11) is 3.26. The number of hydrogen-bond donors (Lipinski definition) is 1. The van der Waals surface area contributed by atoms with Gasteiger partial charge in [-0.15, -0.1) is 0 Å². The van der Waals surface area contributed by atoms with Crippen molar-refractivity contribution in [3.05, 3.63) is 81.4 Å². The number of pyridine rings is 1. The van der Waals surface area contributed by atoms with Crippen molar-refractivity contribution in [3.8, 4) is 17.0 Å². The van der Waals surface area contributed by atoms with Gasteiger partial charge in [-0.1, -0.05) is 0 Å². The molecule has 5 rings (SSSR count). The van der Waals surface area contributed by atoms with E-state index in [-0.39, 0.29) is 11.6 Å². The number of rotatable bonds is 3. The first-order valence-corrected chi connectivity index (χ1v) is 14.7. The Balaban J connectivity index is 1.68. The van der Waals surface area contributed by atoms with Crippen molar-refractivity contribution < 1.29 is 18.4 Å². The molecule has 0 bridgehead atoms. The standard InChI is InChI=1S/C24H21AsBrClN2O4/c1-29(2)23(30)19-18(13-6-4-3-5-7-13)22-24(31,25(19)32)21-17(33-22)12-16(27)20(28-21)14-8-10-15(26)11-9-14/h3-12,18-19,22,25,31H,1-2H3. The molecule has 0 aliphatic carbocycles. The van der Waals surface area contributed by atoms with Crippen molar-refractivity contribution in [2.24, 2.45) is 0 Å². The summed E-state index contributed by atoms with van der Waals surface area (Å²) >= 11 is 6.17. The molecule has 2 aliphatic rings. The van der Waals surface area contributed by atoms with Crippen molar-refractivity contribution in [1.29, 1.82) is 0 Å². The summed E-state index contributed by atoms with van der Waals surface area (Å²) < 4.78 is 18.4. The minimum absolute atomic E-state index is 0.204. The monoisotopic (exact) mass is 590 g/mol. The predicted molar refractivity (Wildman–Crippen MR) is 130 cm³/mol. The minimum atomic E-state index is -3.78. The second-order valence-corrected chi connectivity index (χ2v) is 14.2. The number of halogens is 2. The van der Waals surface area contributed by atoms with Gasteiger partial charge in [-0.25, -0.2) is 0 Å². The first kappa shape index (κ1) is 22.7. The molecule has 3 aromatic rings. The number of amides is 1. The Labute approximate surface area is 209 Å². The summed E-state index contributed by atoms with van der Waals surface area (Å²) in [5, 5.41) is 12.3. The number of aliphatic hydroxyl groups is 1. The van der Waals surface area contributed by atoms with Crippen LogP contribution < -0.4 is 4.74 Å². The van der Waals surface area contributed by atoms with E-state index in [0.717, 1.165) is 15.6 Å². The predicted octanol–water partition coefficient (Wildman–Crippen LogP) is 4.06. The molecule has 0 radical (unpaired) electrons. The summed E-state index contributed by atoms with van der Waals surface area (Å²) in [6.07, 6.45) is -0.889. The number of benzene rings is 2. The fourth-order valence-corrected chi connectivity index (χ4v) is 10.7. The zero-order valence-corrected chi connectivity index (χ0v) is 22.3. The quantitative estimate of drug-likeness (QED) is 0.465. The van der Waals surface area contributed by atoms with E-state index in [1.165, 1.54) is 4.90 Å². The number of carbonyl (C=O) groups excluding carboxylic acids is 1. The van der Waals surface area contributed by atoms with E-state index in [9.17, 15) is 13.6 Å². The normalized spacial score (nSPS) is 27.5. The van der Waals surface area contributed by atoms with Crippen LogP contribution in [0.25, 0.3) is 11.3 Å². The summed E-state index contributed by atoms with van der Waals surface area (Å²) in [5.74, 6) is -0.530. The van der Waals surface area contributed by atoms with Gasteiger partial charge in [0.2, 0.25) is 0 Å². The van der Waals surface area contributed by atoms with Crippen LogP contribution in [0.3, 0.4) is 0 Å². The van der Waals surface area contributed by atoms with Crippen LogP contribution in [0, 0.1) is 0 Å². The number of hydrogen-bond acceptors (Lipinski definition) is 5. The molecule has 5 unspecified atom stereocenters. The van der Waals surface area contributed by atoms with E-state index in [0.29, 0.717) is 16.5 Å². The van der Waals surface area contributed by atoms with Gasteiger partial charge in [0, 0.05) is 0 Å². The maximum atomic E-state index is 14.0. The van der Waals surface area contributed by atoms with Crippen LogP contribution in [0.4, 0.5) is 0 Å². The van der Waals surface area contributed by atoms with Crippen molar-refractivity contribution in [2.45, 2.75) is 21.1 Å². The van der Waals surface area contributed by atoms with E-state index < -0.39 is 35.7 Å². The zero-order chi connectivity index (χ0) is 23.5. The first-order chi connectivity index (χ1) is 15.7. The van der Waals surface area contributed by atoms with Gasteiger partial charge in [0.15, 0.2) is 0 Å². The first-order valence-electron chi connectivity index (χ1n) is 10.4. The third-order valence-electron chi connectivity index (χ3n) is 6.32. The molecule has 170 valence electrons. The molecule has 1 amide bonds. The van der Waals surface area contributed by atoms with E-state index in [4.69, 9.17) is 16.3 Å². The Morgan fingerprint density at radius 2 is 1.85 bits per heavy atom. The number of aromatic nitrogens is 1. The van der Waals surface area contributed by atoms with Crippen molar-refractivity contribution >= 4 is 48.0 Å². The van der Waals surface area contributed by atoms with Crippen LogP contribution in [0.5, 0.6) is 5.75 Å². The van der Waals surface area contributed by atoms with E-state index in [2.05, 4.69) is 20.9 Å². The van der Waals surface area contributed by atoms with E-state index in [1.807, 2.05) is 54.6 Å². The van der Waals surface area contributed by atoms with Crippen LogP contribution in [0.15, 0.2) is 65.1 Å². The molecule has 0 spiro atoms. The third-order valence-corrected chi connectivity index (χ3v) is 12.3. The van der Waals surface area contributed by atoms with E-state index in [1.54, 1.807) is 20.2 Å². The van der Waals surface area contributed by atoms with Gasteiger partial charge < -0.3 is 0 Å². The molecule has 1 saturated heterocycles. The second-order valence-electron chi connectivity index (χ2n) is 8.49. The number of ether oxygens (including phenoxy) is 1. The third kappa shape index (κ3) is 3.48. The van der Waals surface area contributed by atoms with Crippen molar-refractivity contribution in [1.82, 2.24) is 9.88 Å². The molecule has 2 aliphatic heterocycles. The van der Waals surface area contributed by atoms with Gasteiger partial charge >= 0.3 is 210 Å². The zero-order valence-electron chi connectivity index (χ0n) is 17.8. The van der Waals surface area contributed by atoms with Gasteiger partial charge in [-0.05, 0) is 0 Å². The average Bonchev–Trinajstić information content (AvgIpc) is 3.20. The Bertz CT molecular complexity index is 1270. The summed E-state index contributed by atoms with van der Waals surface area (Å²) in [5.41, 5.74) is 2.22. The van der Waals surface area contributed by atoms with Gasteiger partial charge in [-0.2, -0.15) is 0 Å². The molecule has 1 aromatic heterocycles. The van der Waals surface area contributed by atoms with Crippen molar-refractivity contribution in [2.75, 3.05) is 14.1 Å². The summed E-state index contributed by atoms with van der Waals surface area (Å²) in [6.45, 7) is 0. The fraction of sp³-hybridized carbons (Fsp3) is 0.250. The van der Waals surface area contributed by atoms with Gasteiger partial charge in [0.05, 0.1) is 0 Å². The molecule has 0 saturated carbocycles.